The van der Waals surface area contributed by atoms with Gasteiger partial charge in [-0.15, -0.1) is 0 Å². The van der Waals surface area contributed by atoms with Crippen LogP contribution in [0.4, 0.5) is 0 Å². The Balaban J connectivity index is 2.33. The Labute approximate surface area is 133 Å². The minimum absolute atomic E-state index is 0.141. The Bertz CT molecular complexity index is 588. The summed E-state index contributed by atoms with van der Waals surface area (Å²) >= 11 is 9.76. The Morgan fingerprint density at radius 3 is 2.65 bits per heavy atom. The van der Waals surface area contributed by atoms with Crippen LogP contribution in [0, 0.1) is 0 Å². The average Bonchev–Trinajstić information content (AvgIpc) is 2.46. The lowest BCUT2D eigenvalue weighted by Crippen LogP contribution is -2.19. The van der Waals surface area contributed by atoms with Crippen LogP contribution in [0.1, 0.15) is 17.2 Å². The molecule has 2 aromatic carbocycles. The van der Waals surface area contributed by atoms with Gasteiger partial charge in [0.15, 0.2) is 0 Å². The first-order chi connectivity index (χ1) is 9.65. The summed E-state index contributed by atoms with van der Waals surface area (Å²) in [4.78, 5) is 0. The summed E-state index contributed by atoms with van der Waals surface area (Å²) in [6.07, 6.45) is 0.809. The van der Waals surface area contributed by atoms with Gasteiger partial charge < -0.3 is 10.1 Å². The van der Waals surface area contributed by atoms with Crippen molar-refractivity contribution in [2.24, 2.45) is 0 Å². The van der Waals surface area contributed by atoms with E-state index in [2.05, 4.69) is 33.4 Å². The summed E-state index contributed by atoms with van der Waals surface area (Å²) in [5.41, 5.74) is 2.24. The summed E-state index contributed by atoms with van der Waals surface area (Å²) < 4.78 is 6.49. The molecule has 0 amide bonds. The fourth-order valence-electron chi connectivity index (χ4n) is 2.23. The molecule has 1 unspecified atom stereocenters. The lowest BCUT2D eigenvalue weighted by Gasteiger charge is -2.20. The predicted molar refractivity (Wildman–Crippen MR) is 87.7 cm³/mol. The largest absolute Gasteiger partial charge is 0.496 e. The molecule has 106 valence electrons. The quantitative estimate of drug-likeness (QED) is 0.846. The second-order valence-corrected chi connectivity index (χ2v) is 5.85. The van der Waals surface area contributed by atoms with E-state index in [9.17, 15) is 0 Å². The third-order valence-corrected chi connectivity index (χ3v) is 4.16. The highest BCUT2D eigenvalue weighted by Gasteiger charge is 2.16. The second-order valence-electron chi connectivity index (χ2n) is 4.52. The number of benzene rings is 2. The zero-order chi connectivity index (χ0) is 14.5. The van der Waals surface area contributed by atoms with Gasteiger partial charge in [-0.3, -0.25) is 0 Å². The van der Waals surface area contributed by atoms with Crippen LogP contribution in [0.3, 0.4) is 0 Å². The standard InChI is InChI=1S/C16H17BrClNO/c1-19-15(9-11-5-3-4-6-14(11)18)13-10-12(17)7-8-16(13)20-2/h3-8,10,15,19H,9H2,1-2H3. The van der Waals surface area contributed by atoms with Crippen LogP contribution in [0.25, 0.3) is 0 Å². The normalized spacial score (nSPS) is 12.2. The minimum atomic E-state index is 0.141. The van der Waals surface area contributed by atoms with Crippen LogP contribution in [0.15, 0.2) is 46.9 Å². The molecule has 0 aromatic heterocycles. The Morgan fingerprint density at radius 1 is 1.25 bits per heavy atom. The summed E-state index contributed by atoms with van der Waals surface area (Å²) in [5.74, 6) is 0.875. The van der Waals surface area contributed by atoms with E-state index < -0.39 is 0 Å². The van der Waals surface area contributed by atoms with Gasteiger partial charge in [0, 0.05) is 21.1 Å². The third-order valence-electron chi connectivity index (χ3n) is 3.30. The Morgan fingerprint density at radius 2 is 2.00 bits per heavy atom. The molecule has 0 radical (unpaired) electrons. The molecule has 0 saturated carbocycles. The molecule has 2 nitrogen and oxygen atoms in total. The molecule has 0 heterocycles. The molecule has 1 N–H and O–H groups in total. The zero-order valence-electron chi connectivity index (χ0n) is 11.5. The number of halogens is 2. The van der Waals surface area contributed by atoms with Crippen molar-refractivity contribution in [3.8, 4) is 5.75 Å². The maximum absolute atomic E-state index is 6.25. The van der Waals surface area contributed by atoms with Gasteiger partial charge in [-0.25, -0.2) is 0 Å². The maximum Gasteiger partial charge on any atom is 0.123 e. The zero-order valence-corrected chi connectivity index (χ0v) is 13.8. The highest BCUT2D eigenvalue weighted by molar-refractivity contribution is 9.10. The first-order valence-electron chi connectivity index (χ1n) is 6.39. The fourth-order valence-corrected chi connectivity index (χ4v) is 2.82. The number of likely N-dealkylation sites (N-methyl/N-ethyl adjacent to an activating group) is 1. The van der Waals surface area contributed by atoms with Gasteiger partial charge >= 0.3 is 0 Å². The Hall–Kier alpha value is -1.03. The third kappa shape index (κ3) is 3.54. The van der Waals surface area contributed by atoms with Gasteiger partial charge in [-0.1, -0.05) is 45.7 Å². The fraction of sp³-hybridized carbons (Fsp3) is 0.250. The first kappa shape index (κ1) is 15.4. The van der Waals surface area contributed by atoms with Crippen molar-refractivity contribution in [2.45, 2.75) is 12.5 Å². The molecule has 0 saturated heterocycles. The number of ether oxygens (including phenoxy) is 1. The molecule has 2 rings (SSSR count). The van der Waals surface area contributed by atoms with Gasteiger partial charge in [-0.05, 0) is 43.3 Å². The van der Waals surface area contributed by atoms with Gasteiger partial charge in [0.05, 0.1) is 7.11 Å². The van der Waals surface area contributed by atoms with E-state index >= 15 is 0 Å². The van der Waals surface area contributed by atoms with Crippen molar-refractivity contribution in [3.63, 3.8) is 0 Å². The van der Waals surface area contributed by atoms with Gasteiger partial charge in [-0.2, -0.15) is 0 Å². The van der Waals surface area contributed by atoms with Crippen LogP contribution in [0.2, 0.25) is 5.02 Å². The van der Waals surface area contributed by atoms with E-state index in [1.807, 2.05) is 37.4 Å². The van der Waals surface area contributed by atoms with Crippen LogP contribution < -0.4 is 10.1 Å². The highest BCUT2D eigenvalue weighted by atomic mass is 79.9. The molecule has 0 spiro atoms. The number of hydrogen-bond acceptors (Lipinski definition) is 2. The SMILES string of the molecule is CNC(Cc1ccccc1Cl)c1cc(Br)ccc1OC. The summed E-state index contributed by atoms with van der Waals surface area (Å²) in [6.45, 7) is 0. The predicted octanol–water partition coefficient (Wildman–Crippen LogP) is 4.61. The van der Waals surface area contributed by atoms with Crippen LogP contribution >= 0.6 is 27.5 Å². The highest BCUT2D eigenvalue weighted by Crippen LogP contribution is 2.31. The summed E-state index contributed by atoms with van der Waals surface area (Å²) in [6, 6.07) is 14.1. The monoisotopic (exact) mass is 353 g/mol. The molecule has 4 heteroatoms. The number of methoxy groups -OCH3 is 1. The van der Waals surface area contributed by atoms with Crippen LogP contribution in [-0.2, 0) is 6.42 Å². The molecular weight excluding hydrogens is 338 g/mol. The number of hydrogen-bond donors (Lipinski definition) is 1. The van der Waals surface area contributed by atoms with Crippen molar-refractivity contribution < 1.29 is 4.74 Å². The van der Waals surface area contributed by atoms with E-state index in [4.69, 9.17) is 16.3 Å². The molecule has 1 atom stereocenters. The maximum atomic E-state index is 6.25. The summed E-state index contributed by atoms with van der Waals surface area (Å²) in [5, 5.41) is 4.13. The van der Waals surface area contributed by atoms with Gasteiger partial charge in [0.1, 0.15) is 5.75 Å². The topological polar surface area (TPSA) is 21.3 Å². The van der Waals surface area contributed by atoms with E-state index in [1.165, 1.54) is 0 Å². The van der Waals surface area contributed by atoms with E-state index in [0.717, 1.165) is 32.8 Å². The average molecular weight is 355 g/mol. The molecule has 20 heavy (non-hydrogen) atoms. The van der Waals surface area contributed by atoms with E-state index in [-0.39, 0.29) is 6.04 Å². The smallest absolute Gasteiger partial charge is 0.123 e. The lowest BCUT2D eigenvalue weighted by atomic mass is 9.98. The van der Waals surface area contributed by atoms with Crippen molar-refractivity contribution >= 4 is 27.5 Å². The minimum Gasteiger partial charge on any atom is -0.496 e. The van der Waals surface area contributed by atoms with Gasteiger partial charge in [0.2, 0.25) is 0 Å². The Kier molecular flexibility index (Phi) is 5.46. The van der Waals surface area contributed by atoms with Crippen molar-refractivity contribution in [2.75, 3.05) is 14.2 Å². The van der Waals surface area contributed by atoms with Crippen molar-refractivity contribution in [1.82, 2.24) is 5.32 Å². The molecule has 0 aliphatic rings. The van der Waals surface area contributed by atoms with Crippen LogP contribution in [-0.4, -0.2) is 14.2 Å². The summed E-state index contributed by atoms with van der Waals surface area (Å²) in [7, 11) is 3.64. The molecule has 0 aliphatic carbocycles. The molecule has 0 fully saturated rings. The lowest BCUT2D eigenvalue weighted by molar-refractivity contribution is 0.401. The van der Waals surface area contributed by atoms with E-state index in [0.29, 0.717) is 0 Å². The molecule has 0 bridgehead atoms. The number of rotatable bonds is 5. The van der Waals surface area contributed by atoms with Gasteiger partial charge in [0.25, 0.3) is 0 Å². The van der Waals surface area contributed by atoms with Crippen LogP contribution in [0.5, 0.6) is 5.75 Å². The molecule has 2 aromatic rings. The molecular formula is C16H17BrClNO. The van der Waals surface area contributed by atoms with Crippen molar-refractivity contribution in [1.29, 1.82) is 0 Å². The van der Waals surface area contributed by atoms with E-state index in [1.54, 1.807) is 7.11 Å². The van der Waals surface area contributed by atoms with Crippen molar-refractivity contribution in [3.05, 3.63) is 63.1 Å². The number of nitrogens with one attached hydrogen (secondary N) is 1. The second kappa shape index (κ2) is 7.11. The first-order valence-corrected chi connectivity index (χ1v) is 7.57. The molecule has 0 aliphatic heterocycles.